The lowest BCUT2D eigenvalue weighted by Gasteiger charge is -2.08. The predicted molar refractivity (Wildman–Crippen MR) is 98.5 cm³/mol. The number of halogens is 3. The molecule has 0 atom stereocenters. The highest BCUT2D eigenvalue weighted by molar-refractivity contribution is 9.10. The Labute approximate surface area is 146 Å². The van der Waals surface area contributed by atoms with Crippen LogP contribution in [0, 0.1) is 0 Å². The zero-order valence-corrected chi connectivity index (χ0v) is 14.5. The van der Waals surface area contributed by atoms with Gasteiger partial charge in [0, 0.05) is 31.0 Å². The molecule has 1 heterocycles. The summed E-state index contributed by atoms with van der Waals surface area (Å²) in [4.78, 5) is 0. The second-order valence-corrected chi connectivity index (χ2v) is 6.92. The molecule has 1 nitrogen and oxygen atoms in total. The van der Waals surface area contributed by atoms with Crippen molar-refractivity contribution < 1.29 is 0 Å². The lowest BCUT2D eigenvalue weighted by molar-refractivity contribution is 1.18. The smallest absolute Gasteiger partial charge is 0.0542 e. The molecule has 4 aromatic rings. The molecule has 0 saturated carbocycles. The summed E-state index contributed by atoms with van der Waals surface area (Å²) in [5.41, 5.74) is 3.33. The van der Waals surface area contributed by atoms with Crippen LogP contribution in [0.4, 0.5) is 0 Å². The summed E-state index contributed by atoms with van der Waals surface area (Å²) in [6, 6.07) is 20.2. The number of aromatic nitrogens is 1. The monoisotopic (exact) mass is 389 g/mol. The minimum atomic E-state index is 0.724. The van der Waals surface area contributed by atoms with Crippen LogP contribution in [0.1, 0.15) is 0 Å². The summed E-state index contributed by atoms with van der Waals surface area (Å²) < 4.78 is 3.28. The van der Waals surface area contributed by atoms with Crippen molar-refractivity contribution in [3.63, 3.8) is 0 Å². The van der Waals surface area contributed by atoms with E-state index in [1.807, 2.05) is 48.5 Å². The highest BCUT2D eigenvalue weighted by Crippen LogP contribution is 2.35. The van der Waals surface area contributed by atoms with Gasteiger partial charge in [0.2, 0.25) is 0 Å². The second kappa shape index (κ2) is 5.31. The van der Waals surface area contributed by atoms with Crippen LogP contribution in [0.5, 0.6) is 0 Å². The first-order valence-electron chi connectivity index (χ1n) is 6.79. The molecule has 4 heteroatoms. The fourth-order valence-corrected chi connectivity index (χ4v) is 3.44. The molecule has 4 rings (SSSR count). The Bertz CT molecular complexity index is 944. The molecular formula is C18H10BrCl2N. The maximum absolute atomic E-state index is 6.19. The Morgan fingerprint density at radius 1 is 0.682 bits per heavy atom. The summed E-state index contributed by atoms with van der Waals surface area (Å²) in [5, 5.41) is 3.66. The lowest BCUT2D eigenvalue weighted by Crippen LogP contribution is -1.93. The second-order valence-electron chi connectivity index (χ2n) is 5.13. The highest BCUT2D eigenvalue weighted by atomic mass is 79.9. The number of fused-ring (bicyclic) bond motifs is 3. The molecule has 1 aromatic heterocycles. The van der Waals surface area contributed by atoms with Gasteiger partial charge >= 0.3 is 0 Å². The topological polar surface area (TPSA) is 4.93 Å². The molecular weight excluding hydrogens is 381 g/mol. The zero-order valence-electron chi connectivity index (χ0n) is 11.4. The molecule has 0 saturated heterocycles. The van der Waals surface area contributed by atoms with Crippen molar-refractivity contribution in [3.05, 3.63) is 75.2 Å². The first kappa shape index (κ1) is 14.1. The molecule has 0 spiro atoms. The predicted octanol–water partition coefficient (Wildman–Crippen LogP) is 6.85. The van der Waals surface area contributed by atoms with Gasteiger partial charge in [-0.3, -0.25) is 0 Å². The number of hydrogen-bond donors (Lipinski definition) is 0. The van der Waals surface area contributed by atoms with Gasteiger partial charge < -0.3 is 4.57 Å². The van der Waals surface area contributed by atoms with Crippen LogP contribution >= 0.6 is 39.1 Å². The molecule has 0 fully saturated rings. The van der Waals surface area contributed by atoms with Crippen LogP contribution in [0.15, 0.2) is 65.1 Å². The number of hydrogen-bond acceptors (Lipinski definition) is 0. The largest absolute Gasteiger partial charge is 0.309 e. The van der Waals surface area contributed by atoms with E-state index in [-0.39, 0.29) is 0 Å². The first-order valence-corrected chi connectivity index (χ1v) is 8.33. The Morgan fingerprint density at radius 2 is 1.18 bits per heavy atom. The fourth-order valence-electron chi connectivity index (χ4n) is 2.84. The van der Waals surface area contributed by atoms with Crippen LogP contribution in [-0.4, -0.2) is 4.57 Å². The van der Waals surface area contributed by atoms with E-state index in [4.69, 9.17) is 23.2 Å². The van der Waals surface area contributed by atoms with E-state index in [0.717, 1.165) is 42.0 Å². The maximum atomic E-state index is 6.19. The van der Waals surface area contributed by atoms with Gasteiger partial charge in [-0.1, -0.05) is 39.1 Å². The summed E-state index contributed by atoms with van der Waals surface area (Å²) in [7, 11) is 0. The van der Waals surface area contributed by atoms with Gasteiger partial charge in [0.1, 0.15) is 0 Å². The summed E-state index contributed by atoms with van der Waals surface area (Å²) in [6.45, 7) is 0. The summed E-state index contributed by atoms with van der Waals surface area (Å²) >= 11 is 15.9. The van der Waals surface area contributed by atoms with Crippen molar-refractivity contribution in [2.24, 2.45) is 0 Å². The van der Waals surface area contributed by atoms with Crippen molar-refractivity contribution >= 4 is 60.9 Å². The molecule has 3 aromatic carbocycles. The third-order valence-electron chi connectivity index (χ3n) is 3.77. The zero-order chi connectivity index (χ0) is 15.3. The molecule has 0 N–H and O–H groups in total. The normalized spacial score (nSPS) is 11.4. The molecule has 0 bridgehead atoms. The molecule has 0 unspecified atom stereocenters. The minimum Gasteiger partial charge on any atom is -0.309 e. The van der Waals surface area contributed by atoms with Gasteiger partial charge in [-0.2, -0.15) is 0 Å². The fraction of sp³-hybridized carbons (Fsp3) is 0. The molecule has 0 radical (unpaired) electrons. The van der Waals surface area contributed by atoms with Gasteiger partial charge in [-0.15, -0.1) is 0 Å². The van der Waals surface area contributed by atoms with E-state index in [1.54, 1.807) is 0 Å². The average molecular weight is 391 g/mol. The van der Waals surface area contributed by atoms with Gasteiger partial charge in [-0.05, 0) is 60.7 Å². The van der Waals surface area contributed by atoms with Crippen molar-refractivity contribution in [1.29, 1.82) is 0 Å². The Balaban J connectivity index is 2.17. The van der Waals surface area contributed by atoms with Crippen LogP contribution < -0.4 is 0 Å². The highest BCUT2D eigenvalue weighted by Gasteiger charge is 2.12. The van der Waals surface area contributed by atoms with Crippen LogP contribution in [0.3, 0.4) is 0 Å². The molecule has 0 aliphatic rings. The molecule has 108 valence electrons. The van der Waals surface area contributed by atoms with Crippen LogP contribution in [0.2, 0.25) is 10.0 Å². The standard InChI is InChI=1S/C18H10BrCl2N/c19-11-1-5-14(6-2-11)22-17-7-3-12(20)9-15(17)16-10-13(21)4-8-18(16)22/h1-10H. The van der Waals surface area contributed by atoms with E-state index >= 15 is 0 Å². The molecule has 0 amide bonds. The van der Waals surface area contributed by atoms with Gasteiger partial charge in [0.05, 0.1) is 11.0 Å². The van der Waals surface area contributed by atoms with E-state index in [1.165, 1.54) is 0 Å². The van der Waals surface area contributed by atoms with Gasteiger partial charge in [0.15, 0.2) is 0 Å². The molecule has 0 aliphatic carbocycles. The van der Waals surface area contributed by atoms with Crippen molar-refractivity contribution in [2.45, 2.75) is 0 Å². The van der Waals surface area contributed by atoms with E-state index < -0.39 is 0 Å². The Hall–Kier alpha value is -1.48. The number of rotatable bonds is 1. The van der Waals surface area contributed by atoms with Crippen molar-refractivity contribution in [1.82, 2.24) is 4.57 Å². The van der Waals surface area contributed by atoms with E-state index in [9.17, 15) is 0 Å². The third-order valence-corrected chi connectivity index (χ3v) is 4.77. The van der Waals surface area contributed by atoms with Crippen LogP contribution in [0.25, 0.3) is 27.5 Å². The van der Waals surface area contributed by atoms with E-state index in [2.05, 4.69) is 32.6 Å². The van der Waals surface area contributed by atoms with E-state index in [0.29, 0.717) is 0 Å². The van der Waals surface area contributed by atoms with Gasteiger partial charge in [-0.25, -0.2) is 0 Å². The minimum absolute atomic E-state index is 0.724. The Morgan fingerprint density at radius 3 is 1.68 bits per heavy atom. The quantitative estimate of drug-likeness (QED) is 0.334. The third kappa shape index (κ3) is 2.23. The SMILES string of the molecule is Clc1ccc2c(c1)c1cc(Cl)ccc1n2-c1ccc(Br)cc1. The van der Waals surface area contributed by atoms with Crippen molar-refractivity contribution in [3.8, 4) is 5.69 Å². The first-order chi connectivity index (χ1) is 10.6. The summed E-state index contributed by atoms with van der Waals surface area (Å²) in [6.07, 6.45) is 0. The molecule has 0 aliphatic heterocycles. The average Bonchev–Trinajstić information content (AvgIpc) is 2.81. The lowest BCUT2D eigenvalue weighted by atomic mass is 10.1. The molecule has 22 heavy (non-hydrogen) atoms. The summed E-state index contributed by atoms with van der Waals surface area (Å²) in [5.74, 6) is 0. The maximum Gasteiger partial charge on any atom is 0.0542 e. The van der Waals surface area contributed by atoms with Gasteiger partial charge in [0.25, 0.3) is 0 Å². The van der Waals surface area contributed by atoms with Crippen LogP contribution in [-0.2, 0) is 0 Å². The van der Waals surface area contributed by atoms with Crippen molar-refractivity contribution in [2.75, 3.05) is 0 Å². The number of nitrogens with zero attached hydrogens (tertiary/aromatic N) is 1. The number of benzene rings is 3. The Kier molecular flexibility index (Phi) is 3.41.